The van der Waals surface area contributed by atoms with E-state index in [0.29, 0.717) is 11.3 Å². The van der Waals surface area contributed by atoms with E-state index >= 15 is 0 Å². The van der Waals surface area contributed by atoms with E-state index in [4.69, 9.17) is 5.73 Å². The molecule has 1 aromatic rings. The van der Waals surface area contributed by atoms with Gasteiger partial charge in [0.1, 0.15) is 0 Å². The van der Waals surface area contributed by atoms with Crippen molar-refractivity contribution in [2.24, 2.45) is 5.73 Å². The van der Waals surface area contributed by atoms with Crippen molar-refractivity contribution in [2.45, 2.75) is 0 Å². The number of ether oxygens (including phenoxy) is 1. The molecule has 0 bridgehead atoms. The van der Waals surface area contributed by atoms with Crippen molar-refractivity contribution in [1.29, 1.82) is 0 Å². The molecule has 1 aromatic heterocycles. The molecule has 0 saturated carbocycles. The van der Waals surface area contributed by atoms with Crippen LogP contribution in [-0.2, 0) is 9.53 Å². The van der Waals surface area contributed by atoms with Gasteiger partial charge in [-0.3, -0.25) is 9.78 Å². The van der Waals surface area contributed by atoms with Gasteiger partial charge in [0.05, 0.1) is 18.4 Å². The molecule has 78 valence electrons. The average Bonchev–Trinajstić information content (AvgIpc) is 2.26. The van der Waals surface area contributed by atoms with Crippen LogP contribution in [0.1, 0.15) is 16.1 Å². The Kier molecular flexibility index (Phi) is 3.56. The Balaban J connectivity index is 2.81. The van der Waals surface area contributed by atoms with Crippen molar-refractivity contribution in [3.8, 4) is 0 Å². The number of hydrogen-bond donors (Lipinski definition) is 1. The molecule has 1 amide bonds. The quantitative estimate of drug-likeness (QED) is 0.572. The summed E-state index contributed by atoms with van der Waals surface area (Å²) >= 11 is 0. The first kappa shape index (κ1) is 10.9. The Morgan fingerprint density at radius 1 is 1.47 bits per heavy atom. The van der Waals surface area contributed by atoms with Gasteiger partial charge in [-0.25, -0.2) is 4.79 Å². The van der Waals surface area contributed by atoms with Gasteiger partial charge < -0.3 is 10.5 Å². The van der Waals surface area contributed by atoms with Crippen LogP contribution in [0.5, 0.6) is 0 Å². The zero-order chi connectivity index (χ0) is 11.3. The number of carbonyl (C=O) groups is 2. The number of aromatic nitrogens is 1. The minimum atomic E-state index is -0.547. The second-order valence-corrected chi connectivity index (χ2v) is 2.70. The van der Waals surface area contributed by atoms with Gasteiger partial charge in [0.2, 0.25) is 5.91 Å². The van der Waals surface area contributed by atoms with E-state index in [0.717, 1.165) is 0 Å². The van der Waals surface area contributed by atoms with Crippen molar-refractivity contribution in [1.82, 2.24) is 4.98 Å². The van der Waals surface area contributed by atoms with Crippen LogP contribution in [0.25, 0.3) is 6.08 Å². The topological polar surface area (TPSA) is 82.3 Å². The van der Waals surface area contributed by atoms with Crippen LogP contribution in [0.15, 0.2) is 24.4 Å². The highest BCUT2D eigenvalue weighted by Crippen LogP contribution is 2.03. The van der Waals surface area contributed by atoms with Crippen LogP contribution in [0.2, 0.25) is 0 Å². The molecule has 0 radical (unpaired) electrons. The van der Waals surface area contributed by atoms with Crippen LogP contribution in [0.3, 0.4) is 0 Å². The van der Waals surface area contributed by atoms with Crippen LogP contribution < -0.4 is 5.73 Å². The third-order valence-corrected chi connectivity index (χ3v) is 1.63. The van der Waals surface area contributed by atoms with E-state index in [9.17, 15) is 9.59 Å². The lowest BCUT2D eigenvalue weighted by atomic mass is 10.2. The molecule has 0 saturated heterocycles. The van der Waals surface area contributed by atoms with Crippen molar-refractivity contribution >= 4 is 18.0 Å². The number of pyridine rings is 1. The molecule has 1 rings (SSSR count). The van der Waals surface area contributed by atoms with Crippen LogP contribution in [0.4, 0.5) is 0 Å². The first-order valence-electron chi connectivity index (χ1n) is 4.15. The summed E-state index contributed by atoms with van der Waals surface area (Å²) in [5.41, 5.74) is 5.81. The Morgan fingerprint density at radius 3 is 2.67 bits per heavy atom. The molecule has 0 spiro atoms. The predicted octanol–water partition coefficient (Wildman–Crippen LogP) is 0.367. The van der Waals surface area contributed by atoms with Crippen molar-refractivity contribution in [3.05, 3.63) is 35.7 Å². The van der Waals surface area contributed by atoms with Gasteiger partial charge in [-0.2, -0.15) is 0 Å². The summed E-state index contributed by atoms with van der Waals surface area (Å²) in [6, 6.07) is 3.14. The average molecular weight is 206 g/mol. The largest absolute Gasteiger partial charge is 0.465 e. The lowest BCUT2D eigenvalue weighted by Crippen LogP contribution is -2.05. The van der Waals surface area contributed by atoms with E-state index in [2.05, 4.69) is 9.72 Å². The Labute approximate surface area is 86.6 Å². The van der Waals surface area contributed by atoms with Crippen LogP contribution in [-0.4, -0.2) is 24.0 Å². The summed E-state index contributed by atoms with van der Waals surface area (Å²) in [4.78, 5) is 25.4. The number of carbonyl (C=O) groups excluding carboxylic acids is 2. The molecular formula is C10H10N2O3. The standard InChI is InChI=1S/C10H10N2O3/c1-15-10(14)7-2-3-8(12-6-7)4-5-9(11)13/h2-6H,1H3,(H2,11,13). The number of esters is 1. The van der Waals surface area contributed by atoms with Gasteiger partial charge in [-0.1, -0.05) is 0 Å². The molecule has 5 nitrogen and oxygen atoms in total. The Morgan fingerprint density at radius 2 is 2.20 bits per heavy atom. The van der Waals surface area contributed by atoms with Crippen LogP contribution in [0, 0.1) is 0 Å². The SMILES string of the molecule is COC(=O)c1ccc(C=CC(N)=O)nc1. The number of nitrogens with two attached hydrogens (primary N) is 1. The fourth-order valence-corrected chi connectivity index (χ4v) is 0.910. The second-order valence-electron chi connectivity index (χ2n) is 2.70. The zero-order valence-electron chi connectivity index (χ0n) is 8.14. The number of hydrogen-bond acceptors (Lipinski definition) is 4. The molecule has 0 aliphatic carbocycles. The van der Waals surface area contributed by atoms with E-state index in [1.807, 2.05) is 0 Å². The summed E-state index contributed by atoms with van der Waals surface area (Å²) in [5, 5.41) is 0. The zero-order valence-corrected chi connectivity index (χ0v) is 8.14. The normalized spacial score (nSPS) is 10.2. The Hall–Kier alpha value is -2.17. The highest BCUT2D eigenvalue weighted by atomic mass is 16.5. The lowest BCUT2D eigenvalue weighted by molar-refractivity contribution is -0.113. The van der Waals surface area contributed by atoms with Gasteiger partial charge in [0.15, 0.2) is 0 Å². The summed E-state index contributed by atoms with van der Waals surface area (Å²) in [6.45, 7) is 0. The molecule has 0 aliphatic heterocycles. The highest BCUT2D eigenvalue weighted by molar-refractivity contribution is 5.90. The molecule has 0 aliphatic rings. The number of methoxy groups -OCH3 is 1. The fraction of sp³-hybridized carbons (Fsp3) is 0.100. The molecule has 0 fully saturated rings. The summed E-state index contributed by atoms with van der Waals surface area (Å²) < 4.78 is 4.50. The van der Waals surface area contributed by atoms with Gasteiger partial charge >= 0.3 is 5.97 Å². The van der Waals surface area contributed by atoms with Gasteiger partial charge in [-0.05, 0) is 18.2 Å². The van der Waals surface area contributed by atoms with Crippen molar-refractivity contribution < 1.29 is 14.3 Å². The molecule has 2 N–H and O–H groups in total. The molecule has 0 aromatic carbocycles. The first-order chi connectivity index (χ1) is 7.13. The fourth-order valence-electron chi connectivity index (χ4n) is 0.910. The van der Waals surface area contributed by atoms with Gasteiger partial charge in [0.25, 0.3) is 0 Å². The van der Waals surface area contributed by atoms with E-state index < -0.39 is 11.9 Å². The minimum absolute atomic E-state index is 0.355. The number of primary amides is 1. The third kappa shape index (κ3) is 3.22. The monoisotopic (exact) mass is 206 g/mol. The van der Waals surface area contributed by atoms with Gasteiger partial charge in [-0.15, -0.1) is 0 Å². The molecular weight excluding hydrogens is 196 g/mol. The molecule has 1 heterocycles. The number of amides is 1. The summed E-state index contributed by atoms with van der Waals surface area (Å²) in [6.07, 6.45) is 4.02. The first-order valence-corrected chi connectivity index (χ1v) is 4.15. The number of rotatable bonds is 3. The maximum absolute atomic E-state index is 11.0. The van der Waals surface area contributed by atoms with Crippen LogP contribution >= 0.6 is 0 Å². The Bertz CT molecular complexity index is 396. The molecule has 0 unspecified atom stereocenters. The third-order valence-electron chi connectivity index (χ3n) is 1.63. The summed E-state index contributed by atoms with van der Waals surface area (Å²) in [5.74, 6) is -0.998. The van der Waals surface area contributed by atoms with E-state index in [1.165, 1.54) is 25.5 Å². The van der Waals surface area contributed by atoms with E-state index in [-0.39, 0.29) is 0 Å². The molecule has 5 heteroatoms. The minimum Gasteiger partial charge on any atom is -0.465 e. The number of nitrogens with zero attached hydrogens (tertiary/aromatic N) is 1. The maximum Gasteiger partial charge on any atom is 0.339 e. The second kappa shape index (κ2) is 4.90. The highest BCUT2D eigenvalue weighted by Gasteiger charge is 2.03. The van der Waals surface area contributed by atoms with E-state index in [1.54, 1.807) is 12.1 Å². The van der Waals surface area contributed by atoms with Crippen molar-refractivity contribution in [3.63, 3.8) is 0 Å². The molecule has 15 heavy (non-hydrogen) atoms. The van der Waals surface area contributed by atoms with Crippen molar-refractivity contribution in [2.75, 3.05) is 7.11 Å². The smallest absolute Gasteiger partial charge is 0.339 e. The van der Waals surface area contributed by atoms with Gasteiger partial charge in [0, 0.05) is 12.3 Å². The maximum atomic E-state index is 11.0. The molecule has 0 atom stereocenters. The summed E-state index contributed by atoms with van der Waals surface area (Å²) in [7, 11) is 1.29. The predicted molar refractivity (Wildman–Crippen MR) is 53.8 cm³/mol. The lowest BCUT2D eigenvalue weighted by Gasteiger charge is -1.98.